The Hall–Kier alpha value is -2.02. The summed E-state index contributed by atoms with van der Waals surface area (Å²) in [6, 6.07) is 5.46. The van der Waals surface area contributed by atoms with Gasteiger partial charge < -0.3 is 5.32 Å². The number of nitrogens with one attached hydrogen (secondary N) is 1. The molecule has 1 atom stereocenters. The van der Waals surface area contributed by atoms with Crippen molar-refractivity contribution in [2.75, 3.05) is 0 Å². The van der Waals surface area contributed by atoms with Crippen LogP contribution in [0.25, 0.3) is 5.69 Å². The molecule has 4 nitrogen and oxygen atoms in total. The van der Waals surface area contributed by atoms with Crippen molar-refractivity contribution >= 4 is 17.5 Å². The molecule has 1 unspecified atom stereocenters. The quantitative estimate of drug-likeness (QED) is 0.883. The summed E-state index contributed by atoms with van der Waals surface area (Å²) in [4.78, 5) is 12.2. The number of nitrogens with zero attached hydrogens (tertiary/aromatic N) is 2. The fourth-order valence-electron chi connectivity index (χ4n) is 2.02. The van der Waals surface area contributed by atoms with Gasteiger partial charge in [0.2, 0.25) is 0 Å². The van der Waals surface area contributed by atoms with Crippen molar-refractivity contribution in [1.82, 2.24) is 15.1 Å². The zero-order chi connectivity index (χ0) is 18.1. The van der Waals surface area contributed by atoms with E-state index < -0.39 is 23.3 Å². The second-order valence-electron chi connectivity index (χ2n) is 5.80. The zero-order valence-electron chi connectivity index (χ0n) is 13.4. The molecule has 1 aromatic heterocycles. The Bertz CT molecular complexity index is 723. The largest absolute Gasteiger partial charge is 0.434 e. The lowest BCUT2D eigenvalue weighted by Gasteiger charge is -2.18. The molecule has 0 spiro atoms. The van der Waals surface area contributed by atoms with E-state index in [4.69, 9.17) is 11.6 Å². The van der Waals surface area contributed by atoms with E-state index in [2.05, 4.69) is 10.4 Å². The Balaban J connectivity index is 2.47. The smallest absolute Gasteiger partial charge is 0.349 e. The van der Waals surface area contributed by atoms with Gasteiger partial charge in [-0.15, -0.1) is 0 Å². The predicted molar refractivity (Wildman–Crippen MR) is 85.3 cm³/mol. The lowest BCUT2D eigenvalue weighted by molar-refractivity contribution is -0.143. The minimum atomic E-state index is -4.73. The van der Waals surface area contributed by atoms with Gasteiger partial charge in [-0.1, -0.05) is 25.4 Å². The maximum atomic E-state index is 13.5. The molecule has 8 heteroatoms. The number of alkyl halides is 3. The van der Waals surface area contributed by atoms with Crippen molar-refractivity contribution < 1.29 is 18.0 Å². The lowest BCUT2D eigenvalue weighted by Crippen LogP contribution is -2.37. The first-order valence-electron chi connectivity index (χ1n) is 7.33. The van der Waals surface area contributed by atoms with Crippen LogP contribution in [-0.2, 0) is 6.18 Å². The fourth-order valence-corrected chi connectivity index (χ4v) is 2.14. The molecule has 24 heavy (non-hydrogen) atoms. The van der Waals surface area contributed by atoms with Gasteiger partial charge in [-0.3, -0.25) is 4.79 Å². The highest BCUT2D eigenvalue weighted by Gasteiger charge is 2.40. The van der Waals surface area contributed by atoms with Gasteiger partial charge >= 0.3 is 6.18 Å². The fraction of sp³-hybridized carbons (Fsp3) is 0.375. The van der Waals surface area contributed by atoms with E-state index in [0.717, 1.165) is 6.20 Å². The van der Waals surface area contributed by atoms with E-state index in [0.29, 0.717) is 9.70 Å². The maximum Gasteiger partial charge on any atom is 0.434 e. The van der Waals surface area contributed by atoms with Gasteiger partial charge in [0, 0.05) is 11.1 Å². The zero-order valence-corrected chi connectivity index (χ0v) is 14.1. The van der Waals surface area contributed by atoms with Crippen molar-refractivity contribution in [3.05, 3.63) is 46.7 Å². The first-order valence-corrected chi connectivity index (χ1v) is 7.71. The molecule has 1 heterocycles. The summed E-state index contributed by atoms with van der Waals surface area (Å²) in [7, 11) is 0. The van der Waals surface area contributed by atoms with Crippen LogP contribution < -0.4 is 5.32 Å². The molecule has 1 N–H and O–H groups in total. The maximum absolute atomic E-state index is 13.5. The minimum absolute atomic E-state index is 0.0922. The lowest BCUT2D eigenvalue weighted by atomic mass is 10.1. The first-order chi connectivity index (χ1) is 11.1. The molecule has 0 saturated heterocycles. The van der Waals surface area contributed by atoms with Crippen molar-refractivity contribution in [2.45, 2.75) is 33.0 Å². The summed E-state index contributed by atoms with van der Waals surface area (Å²) < 4.78 is 41.2. The SMILES string of the molecule is CC(C)C(C)NC(=O)c1cnn(-c2ccc(Cl)cc2)c1C(F)(F)F. The van der Waals surface area contributed by atoms with Gasteiger partial charge in [0.1, 0.15) is 0 Å². The van der Waals surface area contributed by atoms with Crippen LogP contribution in [0.1, 0.15) is 36.8 Å². The Labute approximate surface area is 142 Å². The third-order valence-electron chi connectivity index (χ3n) is 3.71. The molecule has 1 aromatic carbocycles. The van der Waals surface area contributed by atoms with Gasteiger partial charge in [0.15, 0.2) is 5.69 Å². The highest BCUT2D eigenvalue weighted by molar-refractivity contribution is 6.30. The molecule has 0 aliphatic rings. The topological polar surface area (TPSA) is 46.9 Å². The van der Waals surface area contributed by atoms with Crippen LogP contribution in [0.15, 0.2) is 30.5 Å². The van der Waals surface area contributed by atoms with Crippen LogP contribution in [0.2, 0.25) is 5.02 Å². The number of benzene rings is 1. The molecule has 2 aromatic rings. The molecule has 130 valence electrons. The van der Waals surface area contributed by atoms with Crippen molar-refractivity contribution in [3.63, 3.8) is 0 Å². The minimum Gasteiger partial charge on any atom is -0.349 e. The predicted octanol–water partition coefficient (Wildman–Crippen LogP) is 4.32. The number of carbonyl (C=O) groups excluding carboxylic acids is 1. The van der Waals surface area contributed by atoms with Crippen LogP contribution >= 0.6 is 11.6 Å². The summed E-state index contributed by atoms with van der Waals surface area (Å²) in [5.74, 6) is -0.710. The average molecular weight is 360 g/mol. The van der Waals surface area contributed by atoms with Crippen molar-refractivity contribution in [1.29, 1.82) is 0 Å². The molecular formula is C16H17ClF3N3O. The summed E-state index contributed by atoms with van der Waals surface area (Å²) in [6.07, 6.45) is -3.80. The Morgan fingerprint density at radius 3 is 2.29 bits per heavy atom. The van der Waals surface area contributed by atoms with Crippen LogP contribution in [0.3, 0.4) is 0 Å². The number of carbonyl (C=O) groups is 1. The van der Waals surface area contributed by atoms with Crippen molar-refractivity contribution in [2.24, 2.45) is 5.92 Å². The van der Waals surface area contributed by atoms with Gasteiger partial charge in [0.05, 0.1) is 17.4 Å². The Morgan fingerprint density at radius 1 is 1.21 bits per heavy atom. The van der Waals surface area contributed by atoms with E-state index in [9.17, 15) is 18.0 Å². The van der Waals surface area contributed by atoms with Crippen LogP contribution in [0, 0.1) is 5.92 Å². The van der Waals surface area contributed by atoms with E-state index in [-0.39, 0.29) is 17.6 Å². The number of hydrogen-bond donors (Lipinski definition) is 1. The number of hydrogen-bond acceptors (Lipinski definition) is 2. The molecule has 0 fully saturated rings. The van der Waals surface area contributed by atoms with E-state index in [1.54, 1.807) is 6.92 Å². The second kappa shape index (κ2) is 6.84. The molecule has 0 aliphatic carbocycles. The van der Waals surface area contributed by atoms with Crippen LogP contribution in [0.5, 0.6) is 0 Å². The van der Waals surface area contributed by atoms with E-state index in [1.807, 2.05) is 13.8 Å². The van der Waals surface area contributed by atoms with Crippen molar-refractivity contribution in [3.8, 4) is 5.69 Å². The Kier molecular flexibility index (Phi) is 5.22. The highest BCUT2D eigenvalue weighted by Crippen LogP contribution is 2.34. The van der Waals surface area contributed by atoms with Gasteiger partial charge in [-0.05, 0) is 37.1 Å². The molecular weight excluding hydrogens is 343 g/mol. The molecule has 0 bridgehead atoms. The van der Waals surface area contributed by atoms with Gasteiger partial charge in [-0.25, -0.2) is 4.68 Å². The summed E-state index contributed by atoms with van der Waals surface area (Å²) in [5.41, 5.74) is -1.45. The average Bonchev–Trinajstić information content (AvgIpc) is 2.93. The normalized spacial score (nSPS) is 13.2. The summed E-state index contributed by atoms with van der Waals surface area (Å²) in [6.45, 7) is 5.47. The standard InChI is InChI=1S/C16H17ClF3N3O/c1-9(2)10(3)22-15(24)13-8-21-23(14(13)16(18,19)20)12-6-4-11(17)5-7-12/h4-10H,1-3H3,(H,22,24). The number of halogens is 4. The van der Waals surface area contributed by atoms with E-state index >= 15 is 0 Å². The Morgan fingerprint density at radius 2 is 1.79 bits per heavy atom. The number of rotatable bonds is 4. The number of aromatic nitrogens is 2. The van der Waals surface area contributed by atoms with Gasteiger partial charge in [-0.2, -0.15) is 18.3 Å². The monoisotopic (exact) mass is 359 g/mol. The third kappa shape index (κ3) is 3.90. The summed E-state index contributed by atoms with van der Waals surface area (Å²) in [5, 5.41) is 6.71. The van der Waals surface area contributed by atoms with Gasteiger partial charge in [0.25, 0.3) is 5.91 Å². The molecule has 0 radical (unpaired) electrons. The highest BCUT2D eigenvalue weighted by atomic mass is 35.5. The first kappa shape index (κ1) is 18.3. The van der Waals surface area contributed by atoms with E-state index in [1.165, 1.54) is 24.3 Å². The van der Waals surface area contributed by atoms with Crippen LogP contribution in [0.4, 0.5) is 13.2 Å². The van der Waals surface area contributed by atoms with Crippen LogP contribution in [-0.4, -0.2) is 21.7 Å². The molecule has 2 rings (SSSR count). The molecule has 0 saturated carbocycles. The second-order valence-corrected chi connectivity index (χ2v) is 6.24. The number of amides is 1. The summed E-state index contributed by atoms with van der Waals surface area (Å²) >= 11 is 5.76. The molecule has 1 amide bonds. The molecule has 0 aliphatic heterocycles. The third-order valence-corrected chi connectivity index (χ3v) is 3.96.